The molecule has 0 bridgehead atoms. The molecule has 0 unspecified atom stereocenters. The Balaban J connectivity index is 1.75. The van der Waals surface area contributed by atoms with E-state index in [-0.39, 0.29) is 17.2 Å². The first-order chi connectivity index (χ1) is 16.6. The molecule has 0 radical (unpaired) electrons. The summed E-state index contributed by atoms with van der Waals surface area (Å²) in [7, 11) is 1.59. The van der Waals surface area contributed by atoms with E-state index in [4.69, 9.17) is 9.47 Å². The van der Waals surface area contributed by atoms with Gasteiger partial charge in [-0.25, -0.2) is 0 Å². The molecule has 34 heavy (non-hydrogen) atoms. The molecular formula is C27H27N3O4. The molecule has 0 aliphatic rings. The molecule has 7 heteroatoms. The summed E-state index contributed by atoms with van der Waals surface area (Å²) in [4.78, 5) is 28.5. The van der Waals surface area contributed by atoms with Gasteiger partial charge in [-0.05, 0) is 49.7 Å². The number of carbonyl (C=O) groups excluding carboxylic acids is 1. The molecule has 1 heterocycles. The van der Waals surface area contributed by atoms with Crippen molar-refractivity contribution >= 4 is 16.7 Å². The average molecular weight is 458 g/mol. The van der Waals surface area contributed by atoms with Crippen LogP contribution in [0.25, 0.3) is 16.5 Å². The summed E-state index contributed by atoms with van der Waals surface area (Å²) in [5.74, 6) is 1.02. The van der Waals surface area contributed by atoms with Gasteiger partial charge in [0.25, 0.3) is 11.5 Å². The van der Waals surface area contributed by atoms with Crippen molar-refractivity contribution in [3.63, 3.8) is 0 Å². The molecule has 3 aromatic carbocycles. The van der Waals surface area contributed by atoms with Gasteiger partial charge in [-0.3, -0.25) is 9.59 Å². The van der Waals surface area contributed by atoms with Crippen LogP contribution in [0.3, 0.4) is 0 Å². The summed E-state index contributed by atoms with van der Waals surface area (Å²) in [6.07, 6.45) is 0. The highest BCUT2D eigenvalue weighted by atomic mass is 16.5. The third-order valence-electron chi connectivity index (χ3n) is 5.58. The van der Waals surface area contributed by atoms with Gasteiger partial charge in [-0.2, -0.15) is 9.78 Å². The molecule has 0 N–H and O–H groups in total. The maximum absolute atomic E-state index is 13.7. The van der Waals surface area contributed by atoms with Crippen LogP contribution in [0.1, 0.15) is 29.9 Å². The van der Waals surface area contributed by atoms with Crippen LogP contribution in [0.15, 0.2) is 77.6 Å². The predicted molar refractivity (Wildman–Crippen MR) is 132 cm³/mol. The molecule has 0 spiro atoms. The number of methoxy groups -OCH3 is 1. The third kappa shape index (κ3) is 4.50. The first kappa shape index (κ1) is 23.0. The lowest BCUT2D eigenvalue weighted by Gasteiger charge is -2.22. The first-order valence-corrected chi connectivity index (χ1v) is 11.2. The smallest absolute Gasteiger partial charge is 0.279 e. The van der Waals surface area contributed by atoms with Gasteiger partial charge in [0.2, 0.25) is 0 Å². The number of carbonyl (C=O) groups is 1. The van der Waals surface area contributed by atoms with Crippen molar-refractivity contribution in [1.82, 2.24) is 14.7 Å². The van der Waals surface area contributed by atoms with Gasteiger partial charge in [0.1, 0.15) is 0 Å². The maximum Gasteiger partial charge on any atom is 0.279 e. The minimum Gasteiger partial charge on any atom is -0.493 e. The number of para-hydroxylation sites is 1. The Kier molecular flexibility index (Phi) is 6.92. The van der Waals surface area contributed by atoms with Crippen LogP contribution in [0.4, 0.5) is 0 Å². The van der Waals surface area contributed by atoms with Crippen LogP contribution in [-0.4, -0.2) is 40.8 Å². The molecule has 1 aromatic heterocycles. The van der Waals surface area contributed by atoms with E-state index in [2.05, 4.69) is 5.10 Å². The van der Waals surface area contributed by atoms with Crippen molar-refractivity contribution in [2.75, 3.05) is 20.3 Å². The first-order valence-electron chi connectivity index (χ1n) is 11.2. The van der Waals surface area contributed by atoms with Crippen LogP contribution < -0.4 is 15.0 Å². The molecule has 0 saturated carbocycles. The van der Waals surface area contributed by atoms with E-state index in [0.717, 1.165) is 5.56 Å². The summed E-state index contributed by atoms with van der Waals surface area (Å²) < 4.78 is 12.3. The van der Waals surface area contributed by atoms with Crippen molar-refractivity contribution in [2.24, 2.45) is 0 Å². The highest BCUT2D eigenvalue weighted by molar-refractivity contribution is 6.04. The van der Waals surface area contributed by atoms with Gasteiger partial charge in [0, 0.05) is 18.5 Å². The minimum atomic E-state index is -0.266. The molecule has 0 aliphatic heterocycles. The molecule has 0 fully saturated rings. The number of aromatic nitrogens is 2. The van der Waals surface area contributed by atoms with E-state index >= 15 is 0 Å². The summed E-state index contributed by atoms with van der Waals surface area (Å²) in [6, 6.07) is 21.8. The molecule has 4 rings (SSSR count). The topological polar surface area (TPSA) is 73.7 Å². The fourth-order valence-electron chi connectivity index (χ4n) is 3.87. The minimum absolute atomic E-state index is 0.235. The van der Waals surface area contributed by atoms with Crippen molar-refractivity contribution in [3.05, 3.63) is 94.4 Å². The van der Waals surface area contributed by atoms with Crippen LogP contribution in [0.5, 0.6) is 11.5 Å². The number of amides is 1. The molecular weight excluding hydrogens is 430 g/mol. The Hall–Kier alpha value is -4.13. The predicted octanol–water partition coefficient (Wildman–Crippen LogP) is 4.46. The van der Waals surface area contributed by atoms with E-state index in [9.17, 15) is 9.59 Å². The number of fused-ring (bicyclic) bond motifs is 1. The number of nitrogens with zero attached hydrogens (tertiary/aromatic N) is 3. The van der Waals surface area contributed by atoms with Gasteiger partial charge in [-0.1, -0.05) is 42.5 Å². The molecule has 0 aliphatic carbocycles. The van der Waals surface area contributed by atoms with E-state index in [1.807, 2.05) is 50.2 Å². The van der Waals surface area contributed by atoms with Crippen LogP contribution in [0, 0.1) is 0 Å². The highest BCUT2D eigenvalue weighted by Gasteiger charge is 2.22. The van der Waals surface area contributed by atoms with Crippen molar-refractivity contribution in [1.29, 1.82) is 0 Å². The lowest BCUT2D eigenvalue weighted by atomic mass is 10.1. The normalized spacial score (nSPS) is 10.8. The van der Waals surface area contributed by atoms with E-state index in [0.29, 0.717) is 47.7 Å². The second-order valence-corrected chi connectivity index (χ2v) is 7.68. The summed E-state index contributed by atoms with van der Waals surface area (Å²) in [5.41, 5.74) is 1.47. The third-order valence-corrected chi connectivity index (χ3v) is 5.58. The Labute approximate surface area is 198 Å². The van der Waals surface area contributed by atoms with Crippen LogP contribution in [-0.2, 0) is 6.54 Å². The van der Waals surface area contributed by atoms with Crippen LogP contribution in [0.2, 0.25) is 0 Å². The second kappa shape index (κ2) is 10.2. The number of rotatable bonds is 8. The zero-order chi connectivity index (χ0) is 24.1. The Bertz CT molecular complexity index is 1370. The Morgan fingerprint density at radius 3 is 2.32 bits per heavy atom. The average Bonchev–Trinajstić information content (AvgIpc) is 2.88. The summed E-state index contributed by atoms with van der Waals surface area (Å²) >= 11 is 0. The van der Waals surface area contributed by atoms with Gasteiger partial charge in [0.05, 0.1) is 24.8 Å². The molecule has 7 nitrogen and oxygen atoms in total. The Morgan fingerprint density at radius 1 is 0.941 bits per heavy atom. The monoisotopic (exact) mass is 457 g/mol. The summed E-state index contributed by atoms with van der Waals surface area (Å²) in [5, 5.41) is 5.50. The second-order valence-electron chi connectivity index (χ2n) is 7.68. The quantitative estimate of drug-likeness (QED) is 0.391. The van der Waals surface area contributed by atoms with E-state index < -0.39 is 0 Å². The molecule has 0 atom stereocenters. The van der Waals surface area contributed by atoms with Gasteiger partial charge < -0.3 is 14.4 Å². The molecule has 0 saturated heterocycles. The van der Waals surface area contributed by atoms with Crippen molar-refractivity contribution < 1.29 is 14.3 Å². The van der Waals surface area contributed by atoms with Gasteiger partial charge in [-0.15, -0.1) is 0 Å². The number of hydrogen-bond acceptors (Lipinski definition) is 5. The standard InChI is InChI=1S/C27H27N3O4/c1-4-29(18-19-15-16-23(34-5-2)24(17-19)33-3)27(32)25-21-13-9-10-14-22(21)26(31)30(28-25)20-11-7-6-8-12-20/h6-17H,4-5,18H2,1-3H3. The lowest BCUT2D eigenvalue weighted by Crippen LogP contribution is -2.33. The van der Waals surface area contributed by atoms with E-state index in [1.165, 1.54) is 4.68 Å². The summed E-state index contributed by atoms with van der Waals surface area (Å²) in [6.45, 7) is 5.19. The van der Waals surface area contributed by atoms with Gasteiger partial charge in [0.15, 0.2) is 17.2 Å². The van der Waals surface area contributed by atoms with Gasteiger partial charge >= 0.3 is 0 Å². The van der Waals surface area contributed by atoms with E-state index in [1.54, 1.807) is 48.4 Å². The molecule has 174 valence electrons. The lowest BCUT2D eigenvalue weighted by molar-refractivity contribution is 0.0746. The van der Waals surface area contributed by atoms with Crippen LogP contribution >= 0.6 is 0 Å². The SMILES string of the molecule is CCOc1ccc(CN(CC)C(=O)c2nn(-c3ccccc3)c(=O)c3ccccc23)cc1OC. The van der Waals surface area contributed by atoms with Crippen molar-refractivity contribution in [2.45, 2.75) is 20.4 Å². The number of hydrogen-bond donors (Lipinski definition) is 0. The maximum atomic E-state index is 13.7. The number of benzene rings is 3. The Morgan fingerprint density at radius 2 is 1.65 bits per heavy atom. The highest BCUT2D eigenvalue weighted by Crippen LogP contribution is 2.29. The fourth-order valence-corrected chi connectivity index (χ4v) is 3.87. The zero-order valence-corrected chi connectivity index (χ0v) is 19.5. The van der Waals surface area contributed by atoms with Crippen molar-refractivity contribution in [3.8, 4) is 17.2 Å². The number of ether oxygens (including phenoxy) is 2. The molecule has 4 aromatic rings. The molecule has 1 amide bonds. The fraction of sp³-hybridized carbons (Fsp3) is 0.222. The zero-order valence-electron chi connectivity index (χ0n) is 19.5. The largest absolute Gasteiger partial charge is 0.493 e.